The summed E-state index contributed by atoms with van der Waals surface area (Å²) in [4.78, 5) is 0. The molecule has 0 saturated carbocycles. The van der Waals surface area contributed by atoms with Gasteiger partial charge in [-0.15, -0.1) is 5.10 Å². The lowest BCUT2D eigenvalue weighted by molar-refractivity contribution is 0.177. The lowest BCUT2D eigenvalue weighted by Gasteiger charge is -2.09. The maximum Gasteiger partial charge on any atom is 0.188 e. The van der Waals surface area contributed by atoms with Crippen LogP contribution in [-0.4, -0.2) is 22.1 Å². The van der Waals surface area contributed by atoms with Crippen LogP contribution in [0, 0.1) is 11.3 Å². The number of halogens is 2. The van der Waals surface area contributed by atoms with E-state index >= 15 is 0 Å². The van der Waals surface area contributed by atoms with Crippen molar-refractivity contribution < 1.29 is 4.74 Å². The highest BCUT2D eigenvalue weighted by Crippen LogP contribution is 2.25. The SMILES string of the molecule is COCc1c(C#N)nnn1Cc1c(Cl)cccc1Cl. The zero-order chi connectivity index (χ0) is 13.8. The fourth-order valence-corrected chi connectivity index (χ4v) is 2.18. The third-order valence-corrected chi connectivity index (χ3v) is 3.30. The molecule has 0 saturated heterocycles. The van der Waals surface area contributed by atoms with Gasteiger partial charge in [-0.3, -0.25) is 0 Å². The van der Waals surface area contributed by atoms with E-state index < -0.39 is 0 Å². The first-order chi connectivity index (χ1) is 9.17. The fourth-order valence-electron chi connectivity index (χ4n) is 1.66. The van der Waals surface area contributed by atoms with Gasteiger partial charge in [-0.2, -0.15) is 5.26 Å². The van der Waals surface area contributed by atoms with Crippen molar-refractivity contribution in [3.8, 4) is 6.07 Å². The smallest absolute Gasteiger partial charge is 0.188 e. The Morgan fingerprint density at radius 3 is 2.63 bits per heavy atom. The molecule has 0 bridgehead atoms. The van der Waals surface area contributed by atoms with E-state index in [0.717, 1.165) is 5.56 Å². The minimum atomic E-state index is 0.241. The Balaban J connectivity index is 2.39. The number of rotatable bonds is 4. The van der Waals surface area contributed by atoms with Gasteiger partial charge in [0.1, 0.15) is 11.8 Å². The molecular formula is C12H10Cl2N4O. The molecule has 5 nitrogen and oxygen atoms in total. The lowest BCUT2D eigenvalue weighted by atomic mass is 10.2. The standard InChI is InChI=1S/C12H10Cl2N4O/c1-19-7-12-11(5-15)16-17-18(12)6-8-9(13)3-2-4-10(8)14/h2-4H,6-7H2,1H3. The third kappa shape index (κ3) is 2.87. The number of nitrogens with zero attached hydrogens (tertiary/aromatic N) is 4. The van der Waals surface area contributed by atoms with Crippen molar-refractivity contribution in [1.82, 2.24) is 15.0 Å². The van der Waals surface area contributed by atoms with Crippen LogP contribution < -0.4 is 0 Å². The predicted octanol–water partition coefficient (Wildman–Crippen LogP) is 2.65. The summed E-state index contributed by atoms with van der Waals surface area (Å²) >= 11 is 12.2. The number of hydrogen-bond donors (Lipinski definition) is 0. The Bertz CT molecular complexity index is 613. The molecular weight excluding hydrogens is 287 g/mol. The van der Waals surface area contributed by atoms with Crippen LogP contribution in [0.15, 0.2) is 18.2 Å². The lowest BCUT2D eigenvalue weighted by Crippen LogP contribution is -2.08. The minimum Gasteiger partial charge on any atom is -0.378 e. The van der Waals surface area contributed by atoms with E-state index in [0.29, 0.717) is 22.3 Å². The molecule has 0 aliphatic carbocycles. The molecule has 0 radical (unpaired) electrons. The maximum atomic E-state index is 8.96. The molecule has 0 N–H and O–H groups in total. The molecule has 1 heterocycles. The number of benzene rings is 1. The largest absolute Gasteiger partial charge is 0.378 e. The van der Waals surface area contributed by atoms with Crippen molar-refractivity contribution in [2.45, 2.75) is 13.2 Å². The second-order valence-electron chi connectivity index (χ2n) is 3.79. The summed E-state index contributed by atoms with van der Waals surface area (Å²) in [6.45, 7) is 0.587. The van der Waals surface area contributed by atoms with E-state index in [1.54, 1.807) is 30.0 Å². The van der Waals surface area contributed by atoms with Gasteiger partial charge in [0.25, 0.3) is 0 Å². The summed E-state index contributed by atoms with van der Waals surface area (Å²) in [6, 6.07) is 7.25. The normalized spacial score (nSPS) is 10.4. The monoisotopic (exact) mass is 296 g/mol. The van der Waals surface area contributed by atoms with E-state index in [9.17, 15) is 0 Å². The van der Waals surface area contributed by atoms with Gasteiger partial charge in [-0.05, 0) is 12.1 Å². The Morgan fingerprint density at radius 2 is 2.05 bits per heavy atom. The molecule has 2 rings (SSSR count). The molecule has 0 atom stereocenters. The van der Waals surface area contributed by atoms with E-state index in [2.05, 4.69) is 10.3 Å². The van der Waals surface area contributed by atoms with Crippen molar-refractivity contribution >= 4 is 23.2 Å². The van der Waals surface area contributed by atoms with Gasteiger partial charge in [-0.1, -0.05) is 34.5 Å². The van der Waals surface area contributed by atoms with Crippen molar-refractivity contribution in [1.29, 1.82) is 5.26 Å². The van der Waals surface area contributed by atoms with E-state index in [1.807, 2.05) is 6.07 Å². The molecule has 0 spiro atoms. The first kappa shape index (κ1) is 13.8. The van der Waals surface area contributed by atoms with Gasteiger partial charge in [0.05, 0.1) is 13.2 Å². The molecule has 2 aromatic rings. The van der Waals surface area contributed by atoms with Crippen LogP contribution in [0.4, 0.5) is 0 Å². The van der Waals surface area contributed by atoms with Gasteiger partial charge >= 0.3 is 0 Å². The van der Waals surface area contributed by atoms with Crippen LogP contribution in [0.25, 0.3) is 0 Å². The van der Waals surface area contributed by atoms with Crippen molar-refractivity contribution in [2.24, 2.45) is 0 Å². The number of aromatic nitrogens is 3. The average Bonchev–Trinajstić information content (AvgIpc) is 2.77. The topological polar surface area (TPSA) is 63.7 Å². The van der Waals surface area contributed by atoms with Crippen molar-refractivity contribution in [2.75, 3.05) is 7.11 Å². The van der Waals surface area contributed by atoms with Gasteiger partial charge in [-0.25, -0.2) is 4.68 Å². The maximum absolute atomic E-state index is 8.96. The van der Waals surface area contributed by atoms with Crippen molar-refractivity contribution in [3.63, 3.8) is 0 Å². The zero-order valence-corrected chi connectivity index (χ0v) is 11.6. The predicted molar refractivity (Wildman–Crippen MR) is 71.0 cm³/mol. The highest BCUT2D eigenvalue weighted by Gasteiger charge is 2.15. The number of ether oxygens (including phenoxy) is 1. The van der Waals surface area contributed by atoms with Gasteiger partial charge in [0.15, 0.2) is 5.69 Å². The number of methoxy groups -OCH3 is 1. The summed E-state index contributed by atoms with van der Waals surface area (Å²) in [5, 5.41) is 17.8. The number of nitriles is 1. The molecule has 1 aromatic heterocycles. The molecule has 0 aliphatic heterocycles. The molecule has 0 fully saturated rings. The molecule has 0 unspecified atom stereocenters. The first-order valence-corrected chi connectivity index (χ1v) is 6.17. The second-order valence-corrected chi connectivity index (χ2v) is 4.60. The Hall–Kier alpha value is -1.61. The molecule has 0 aliphatic rings. The van der Waals surface area contributed by atoms with Crippen molar-refractivity contribution in [3.05, 3.63) is 45.2 Å². The summed E-state index contributed by atoms with van der Waals surface area (Å²) < 4.78 is 6.61. The van der Waals surface area contributed by atoms with Gasteiger partial charge in [0.2, 0.25) is 0 Å². The molecule has 98 valence electrons. The van der Waals surface area contributed by atoms with E-state index in [4.69, 9.17) is 33.2 Å². The summed E-state index contributed by atoms with van der Waals surface area (Å²) in [5.41, 5.74) is 1.57. The van der Waals surface area contributed by atoms with E-state index in [-0.39, 0.29) is 12.3 Å². The summed E-state index contributed by atoms with van der Waals surface area (Å²) in [6.07, 6.45) is 0. The van der Waals surface area contributed by atoms with Crippen LogP contribution in [0.2, 0.25) is 10.0 Å². The molecule has 1 aromatic carbocycles. The summed E-state index contributed by atoms with van der Waals surface area (Å²) in [7, 11) is 1.54. The average molecular weight is 297 g/mol. The van der Waals surface area contributed by atoms with Gasteiger partial charge in [0, 0.05) is 22.7 Å². The quantitative estimate of drug-likeness (QED) is 0.870. The van der Waals surface area contributed by atoms with Crippen LogP contribution >= 0.6 is 23.2 Å². The summed E-state index contributed by atoms with van der Waals surface area (Å²) in [5.74, 6) is 0. The molecule has 19 heavy (non-hydrogen) atoms. The molecule has 0 amide bonds. The number of hydrogen-bond acceptors (Lipinski definition) is 4. The van der Waals surface area contributed by atoms with Gasteiger partial charge < -0.3 is 4.74 Å². The Morgan fingerprint density at radius 1 is 1.37 bits per heavy atom. The highest BCUT2D eigenvalue weighted by atomic mass is 35.5. The third-order valence-electron chi connectivity index (χ3n) is 2.59. The highest BCUT2D eigenvalue weighted by molar-refractivity contribution is 6.35. The van der Waals surface area contributed by atoms with E-state index in [1.165, 1.54) is 0 Å². The minimum absolute atomic E-state index is 0.241. The second kappa shape index (κ2) is 6.02. The molecule has 7 heteroatoms. The Kier molecular flexibility index (Phi) is 4.38. The Labute approximate surface area is 120 Å². The van der Waals surface area contributed by atoms with Crippen LogP contribution in [0.1, 0.15) is 17.0 Å². The van der Waals surface area contributed by atoms with Crippen LogP contribution in [-0.2, 0) is 17.9 Å². The first-order valence-electron chi connectivity index (χ1n) is 5.41. The van der Waals surface area contributed by atoms with Crippen LogP contribution in [0.3, 0.4) is 0 Å². The fraction of sp³-hybridized carbons (Fsp3) is 0.250. The zero-order valence-electron chi connectivity index (χ0n) is 10.1. The van der Waals surface area contributed by atoms with Crippen LogP contribution in [0.5, 0.6) is 0 Å².